The van der Waals surface area contributed by atoms with Gasteiger partial charge >= 0.3 is 0 Å². The van der Waals surface area contributed by atoms with Crippen molar-refractivity contribution in [2.75, 3.05) is 0 Å². The number of aromatic nitrogens is 6. The Kier molecular flexibility index (Phi) is 3.46. The molecule has 4 heterocycles. The van der Waals surface area contributed by atoms with Gasteiger partial charge < -0.3 is 4.74 Å². The molecule has 8 heteroatoms. The van der Waals surface area contributed by atoms with Gasteiger partial charge in [-0.15, -0.1) is 10.2 Å². The number of ketones is 1. The Balaban J connectivity index is 1.70. The Bertz CT molecular complexity index is 1270. The first kappa shape index (κ1) is 13.5. The second-order valence-electron chi connectivity index (χ2n) is 5.86. The molecule has 4 rings (SSSR count). The van der Waals surface area contributed by atoms with E-state index in [9.17, 15) is 4.79 Å². The first-order chi connectivity index (χ1) is 14.3. The van der Waals surface area contributed by atoms with Crippen molar-refractivity contribution >= 4 is 11.4 Å². The van der Waals surface area contributed by atoms with E-state index in [1.807, 2.05) is 0 Å². The molecule has 134 valence electrons. The lowest BCUT2D eigenvalue weighted by Gasteiger charge is -2.09. The standard InChI is InChI=1S/C19H16N6O2/c1-12-3-4-14(22-7-12)5-18(26)17-6-15(10-25-11-23-24-19(17)25)27-16-8-20-13(2)21-9-16/h3-4,6-11H,5H2,1-2H3/i3D,4D,7D. The zero-order chi connectivity index (χ0) is 21.4. The number of hydrogen-bond acceptors (Lipinski definition) is 7. The summed E-state index contributed by atoms with van der Waals surface area (Å²) in [5.74, 6) is 0.968. The lowest BCUT2D eigenvalue weighted by Crippen LogP contribution is -2.08. The highest BCUT2D eigenvalue weighted by Gasteiger charge is 2.16. The number of nitrogens with zero attached hydrogens (tertiary/aromatic N) is 6. The Morgan fingerprint density at radius 1 is 1.19 bits per heavy atom. The van der Waals surface area contributed by atoms with Gasteiger partial charge in [-0.05, 0) is 31.5 Å². The van der Waals surface area contributed by atoms with Crippen LogP contribution in [0.1, 0.15) is 31.6 Å². The fourth-order valence-electron chi connectivity index (χ4n) is 2.45. The van der Waals surface area contributed by atoms with Crippen molar-refractivity contribution in [3.8, 4) is 11.5 Å². The Hall–Kier alpha value is -3.68. The topological polar surface area (TPSA) is 95.2 Å². The van der Waals surface area contributed by atoms with Crippen LogP contribution in [0.5, 0.6) is 11.5 Å². The van der Waals surface area contributed by atoms with Gasteiger partial charge in [0.1, 0.15) is 17.9 Å². The zero-order valence-corrected chi connectivity index (χ0v) is 14.6. The van der Waals surface area contributed by atoms with Crippen LogP contribution in [0.2, 0.25) is 0 Å². The molecule has 8 nitrogen and oxygen atoms in total. The number of ether oxygens (including phenoxy) is 1. The second kappa shape index (κ2) is 6.91. The summed E-state index contributed by atoms with van der Waals surface area (Å²) in [6, 6.07) is 1.24. The van der Waals surface area contributed by atoms with Crippen molar-refractivity contribution in [2.45, 2.75) is 20.3 Å². The number of fused-ring (bicyclic) bond motifs is 1. The molecular formula is C19H16N6O2. The molecule has 0 fully saturated rings. The number of carbonyl (C=O) groups is 1. The average Bonchev–Trinajstić information content (AvgIpc) is 3.20. The van der Waals surface area contributed by atoms with E-state index in [4.69, 9.17) is 8.85 Å². The molecular weight excluding hydrogens is 344 g/mol. The maximum Gasteiger partial charge on any atom is 0.172 e. The van der Waals surface area contributed by atoms with Crippen LogP contribution in [0.4, 0.5) is 0 Å². The van der Waals surface area contributed by atoms with Crippen LogP contribution in [-0.2, 0) is 6.42 Å². The van der Waals surface area contributed by atoms with Crippen LogP contribution in [0.25, 0.3) is 5.65 Å². The summed E-state index contributed by atoms with van der Waals surface area (Å²) in [5.41, 5.74) is 0.907. The molecule has 0 aliphatic heterocycles. The van der Waals surface area contributed by atoms with E-state index in [1.54, 1.807) is 24.4 Å². The number of Topliss-reactive ketones (excluding diaryl/α,β-unsaturated/α-hetero) is 1. The Morgan fingerprint density at radius 3 is 2.81 bits per heavy atom. The monoisotopic (exact) mass is 363 g/mol. The summed E-state index contributed by atoms with van der Waals surface area (Å²) in [6.07, 6.45) is 5.73. The van der Waals surface area contributed by atoms with Crippen LogP contribution >= 0.6 is 0 Å². The number of hydrogen-bond donors (Lipinski definition) is 0. The normalized spacial score (nSPS) is 12.4. The van der Waals surface area contributed by atoms with Crippen LogP contribution in [-0.4, -0.2) is 35.3 Å². The fraction of sp³-hybridized carbons (Fsp3) is 0.158. The molecule has 0 saturated heterocycles. The molecule has 0 saturated carbocycles. The number of rotatable bonds is 5. The fourth-order valence-corrected chi connectivity index (χ4v) is 2.45. The summed E-state index contributed by atoms with van der Waals surface area (Å²) in [6.45, 7) is 3.31. The molecule has 0 aliphatic carbocycles. The first-order valence-corrected chi connectivity index (χ1v) is 8.10. The molecule has 0 spiro atoms. The van der Waals surface area contributed by atoms with E-state index in [1.165, 1.54) is 24.8 Å². The SMILES string of the molecule is [2H]c1nc(CC(=O)c2cc(Oc3cnc(C)nc3)cn3cnnc23)c([2H])c([2H])c1C. The smallest absolute Gasteiger partial charge is 0.172 e. The number of aryl methyl sites for hydroxylation is 1. The van der Waals surface area contributed by atoms with Gasteiger partial charge in [0.25, 0.3) is 0 Å². The van der Waals surface area contributed by atoms with Gasteiger partial charge in [0, 0.05) is 11.9 Å². The zero-order valence-electron chi connectivity index (χ0n) is 17.6. The molecule has 0 aliphatic rings. The summed E-state index contributed by atoms with van der Waals surface area (Å²) < 4.78 is 31.2. The van der Waals surface area contributed by atoms with Crippen molar-refractivity contribution in [1.29, 1.82) is 0 Å². The quantitative estimate of drug-likeness (QED) is 0.503. The molecule has 4 aromatic heterocycles. The maximum absolute atomic E-state index is 13.0. The highest BCUT2D eigenvalue weighted by molar-refractivity contribution is 6.02. The van der Waals surface area contributed by atoms with E-state index in [0.29, 0.717) is 28.5 Å². The van der Waals surface area contributed by atoms with Crippen molar-refractivity contribution < 1.29 is 13.6 Å². The summed E-state index contributed by atoms with van der Waals surface area (Å²) in [4.78, 5) is 25.2. The summed E-state index contributed by atoms with van der Waals surface area (Å²) in [7, 11) is 0. The van der Waals surface area contributed by atoms with Gasteiger partial charge in [-0.2, -0.15) is 0 Å². The second-order valence-corrected chi connectivity index (χ2v) is 5.86. The van der Waals surface area contributed by atoms with E-state index < -0.39 is 0 Å². The Labute approximate surface area is 159 Å². The minimum absolute atomic E-state index is 0.0662. The molecule has 27 heavy (non-hydrogen) atoms. The third-order valence-corrected chi connectivity index (χ3v) is 3.74. The predicted molar refractivity (Wildman–Crippen MR) is 96.8 cm³/mol. The van der Waals surface area contributed by atoms with Crippen LogP contribution in [0.3, 0.4) is 0 Å². The van der Waals surface area contributed by atoms with E-state index in [0.717, 1.165) is 0 Å². The summed E-state index contributed by atoms with van der Waals surface area (Å²) in [5, 5.41) is 7.82. The van der Waals surface area contributed by atoms with Gasteiger partial charge in [-0.1, -0.05) is 6.04 Å². The van der Waals surface area contributed by atoms with Gasteiger partial charge in [-0.3, -0.25) is 14.2 Å². The van der Waals surface area contributed by atoms with Crippen molar-refractivity contribution in [3.05, 3.63) is 71.9 Å². The Morgan fingerprint density at radius 2 is 2.00 bits per heavy atom. The molecule has 0 N–H and O–H groups in total. The summed E-state index contributed by atoms with van der Waals surface area (Å²) >= 11 is 0. The van der Waals surface area contributed by atoms with Crippen molar-refractivity contribution in [3.63, 3.8) is 0 Å². The third kappa shape index (κ3) is 3.64. The van der Waals surface area contributed by atoms with Gasteiger partial charge in [0.15, 0.2) is 17.2 Å². The highest BCUT2D eigenvalue weighted by Crippen LogP contribution is 2.24. The van der Waals surface area contributed by atoms with Crippen LogP contribution < -0.4 is 4.74 Å². The first-order valence-electron chi connectivity index (χ1n) is 9.60. The third-order valence-electron chi connectivity index (χ3n) is 3.74. The van der Waals surface area contributed by atoms with Crippen molar-refractivity contribution in [2.24, 2.45) is 0 Å². The molecule has 4 aromatic rings. The average molecular weight is 363 g/mol. The molecule has 0 unspecified atom stereocenters. The lowest BCUT2D eigenvalue weighted by molar-refractivity contribution is 0.0992. The predicted octanol–water partition coefficient (Wildman–Crippen LogP) is 2.75. The minimum atomic E-state index is -0.387. The lowest BCUT2D eigenvalue weighted by atomic mass is 10.1. The molecule has 0 radical (unpaired) electrons. The molecule has 0 aromatic carbocycles. The number of carbonyl (C=O) groups excluding carboxylic acids is 1. The molecule has 0 atom stereocenters. The highest BCUT2D eigenvalue weighted by atomic mass is 16.5. The van der Waals surface area contributed by atoms with E-state index >= 15 is 0 Å². The van der Waals surface area contributed by atoms with Crippen molar-refractivity contribution in [1.82, 2.24) is 29.5 Å². The molecule has 0 bridgehead atoms. The van der Waals surface area contributed by atoms with Gasteiger partial charge in [0.05, 0.1) is 34.7 Å². The van der Waals surface area contributed by atoms with E-state index in [2.05, 4.69) is 25.1 Å². The molecule has 0 amide bonds. The van der Waals surface area contributed by atoms with E-state index in [-0.39, 0.29) is 41.7 Å². The van der Waals surface area contributed by atoms with Crippen LogP contribution in [0, 0.1) is 13.8 Å². The minimum Gasteiger partial charge on any atom is -0.453 e. The number of pyridine rings is 2. The maximum atomic E-state index is 13.0. The largest absolute Gasteiger partial charge is 0.453 e. The van der Waals surface area contributed by atoms with Gasteiger partial charge in [-0.25, -0.2) is 9.97 Å². The van der Waals surface area contributed by atoms with Gasteiger partial charge in [0.2, 0.25) is 0 Å². The van der Waals surface area contributed by atoms with Crippen LogP contribution in [0.15, 0.2) is 49.2 Å².